The molecule has 0 aromatic carbocycles. The Hall–Kier alpha value is -0.680. The van der Waals surface area contributed by atoms with Crippen molar-refractivity contribution in [3.8, 4) is 0 Å². The summed E-state index contributed by atoms with van der Waals surface area (Å²) in [4.78, 5) is 11.1. The average molecular weight is 300 g/mol. The lowest BCUT2D eigenvalue weighted by Gasteiger charge is -2.28. The first-order chi connectivity index (χ1) is 8.11. The van der Waals surface area contributed by atoms with Crippen LogP contribution in [0.15, 0.2) is 10.7 Å². The van der Waals surface area contributed by atoms with Gasteiger partial charge in [0.2, 0.25) is 0 Å². The number of anilines is 1. The normalized spacial score (nSPS) is 24.0. The van der Waals surface area contributed by atoms with Crippen LogP contribution < -0.4 is 4.90 Å². The zero-order valence-electron chi connectivity index (χ0n) is 10.5. The molecule has 94 valence electrons. The second kappa shape index (κ2) is 5.31. The Bertz CT molecular complexity index is 399. The second-order valence-electron chi connectivity index (χ2n) is 4.36. The molecule has 2 atom stereocenters. The summed E-state index contributed by atoms with van der Waals surface area (Å²) in [6, 6.07) is 2.37. The lowest BCUT2D eigenvalue weighted by Crippen LogP contribution is -2.37. The van der Waals surface area contributed by atoms with E-state index in [4.69, 9.17) is 4.74 Å². The fourth-order valence-electron chi connectivity index (χ4n) is 2.19. The molecular formula is C12H18BrN3O. The van der Waals surface area contributed by atoms with Crippen molar-refractivity contribution in [2.75, 3.05) is 18.6 Å². The smallest absolute Gasteiger partial charge is 0.133 e. The van der Waals surface area contributed by atoms with Crippen LogP contribution in [-0.2, 0) is 11.2 Å². The summed E-state index contributed by atoms with van der Waals surface area (Å²) in [7, 11) is 2.07. The van der Waals surface area contributed by atoms with E-state index in [1.165, 1.54) is 0 Å². The molecule has 5 heteroatoms. The number of aryl methyl sites for hydroxylation is 1. The van der Waals surface area contributed by atoms with E-state index in [0.717, 1.165) is 35.7 Å². The van der Waals surface area contributed by atoms with Crippen molar-refractivity contribution in [1.29, 1.82) is 0 Å². The predicted octanol–water partition coefficient (Wildman–Crippen LogP) is 2.42. The zero-order chi connectivity index (χ0) is 12.4. The number of likely N-dealkylation sites (N-methyl/N-ethyl adjacent to an activating group) is 1. The fourth-order valence-corrected chi connectivity index (χ4v) is 2.60. The molecule has 0 amide bonds. The van der Waals surface area contributed by atoms with Crippen LogP contribution in [0.1, 0.15) is 26.1 Å². The Balaban J connectivity index is 2.23. The number of nitrogens with zero attached hydrogens (tertiary/aromatic N) is 3. The van der Waals surface area contributed by atoms with Gasteiger partial charge in [0.05, 0.1) is 12.1 Å². The first-order valence-corrected chi connectivity index (χ1v) is 6.79. The monoisotopic (exact) mass is 299 g/mol. The molecule has 0 aliphatic carbocycles. The molecule has 0 bridgehead atoms. The maximum absolute atomic E-state index is 5.60. The van der Waals surface area contributed by atoms with Gasteiger partial charge in [-0.3, -0.25) is 0 Å². The Morgan fingerprint density at radius 3 is 2.88 bits per heavy atom. The van der Waals surface area contributed by atoms with Crippen LogP contribution in [0.4, 0.5) is 5.82 Å². The zero-order valence-corrected chi connectivity index (χ0v) is 12.1. The molecule has 2 unspecified atom stereocenters. The third-order valence-electron chi connectivity index (χ3n) is 3.24. The van der Waals surface area contributed by atoms with Gasteiger partial charge in [0.25, 0.3) is 0 Å². The molecule has 1 fully saturated rings. The SMILES string of the molecule is CCc1nc(Br)cc(N(C)C2CCOC2C)n1. The third-order valence-corrected chi connectivity index (χ3v) is 3.65. The molecular weight excluding hydrogens is 282 g/mol. The minimum Gasteiger partial charge on any atom is -0.376 e. The summed E-state index contributed by atoms with van der Waals surface area (Å²) in [5.41, 5.74) is 0. The highest BCUT2D eigenvalue weighted by Gasteiger charge is 2.28. The molecule has 1 aliphatic heterocycles. The van der Waals surface area contributed by atoms with Gasteiger partial charge in [0.15, 0.2) is 0 Å². The van der Waals surface area contributed by atoms with E-state index in [1.54, 1.807) is 0 Å². The average Bonchev–Trinajstić information content (AvgIpc) is 2.73. The van der Waals surface area contributed by atoms with Crippen molar-refractivity contribution in [3.05, 3.63) is 16.5 Å². The second-order valence-corrected chi connectivity index (χ2v) is 5.17. The largest absolute Gasteiger partial charge is 0.376 e. The van der Waals surface area contributed by atoms with Crippen molar-refractivity contribution >= 4 is 21.7 Å². The molecule has 0 radical (unpaired) electrons. The van der Waals surface area contributed by atoms with Gasteiger partial charge in [-0.2, -0.15) is 0 Å². The van der Waals surface area contributed by atoms with Crippen LogP contribution in [-0.4, -0.2) is 35.8 Å². The molecule has 2 heterocycles. The Morgan fingerprint density at radius 2 is 2.29 bits per heavy atom. The number of hydrogen-bond donors (Lipinski definition) is 0. The topological polar surface area (TPSA) is 38.2 Å². The van der Waals surface area contributed by atoms with Crippen LogP contribution in [0.5, 0.6) is 0 Å². The first-order valence-electron chi connectivity index (χ1n) is 5.99. The van der Waals surface area contributed by atoms with E-state index in [2.05, 4.69) is 51.7 Å². The van der Waals surface area contributed by atoms with E-state index in [9.17, 15) is 0 Å². The van der Waals surface area contributed by atoms with Crippen LogP contribution >= 0.6 is 15.9 Å². The van der Waals surface area contributed by atoms with E-state index < -0.39 is 0 Å². The van der Waals surface area contributed by atoms with Crippen molar-refractivity contribution in [2.24, 2.45) is 0 Å². The molecule has 0 N–H and O–H groups in total. The highest BCUT2D eigenvalue weighted by molar-refractivity contribution is 9.10. The maximum atomic E-state index is 5.60. The molecule has 17 heavy (non-hydrogen) atoms. The Morgan fingerprint density at radius 1 is 1.53 bits per heavy atom. The Labute approximate surface area is 111 Å². The number of aromatic nitrogens is 2. The lowest BCUT2D eigenvalue weighted by atomic mass is 10.1. The summed E-state index contributed by atoms with van der Waals surface area (Å²) >= 11 is 3.44. The fraction of sp³-hybridized carbons (Fsp3) is 0.667. The van der Waals surface area contributed by atoms with Crippen molar-refractivity contribution in [1.82, 2.24) is 9.97 Å². The summed E-state index contributed by atoms with van der Waals surface area (Å²) in [5.74, 6) is 1.83. The summed E-state index contributed by atoms with van der Waals surface area (Å²) < 4.78 is 6.44. The van der Waals surface area contributed by atoms with Crippen LogP contribution in [0.3, 0.4) is 0 Å². The van der Waals surface area contributed by atoms with Crippen LogP contribution in [0, 0.1) is 0 Å². The van der Waals surface area contributed by atoms with Gasteiger partial charge in [-0.05, 0) is 29.3 Å². The van der Waals surface area contributed by atoms with Gasteiger partial charge >= 0.3 is 0 Å². The molecule has 2 rings (SSSR count). The van der Waals surface area contributed by atoms with Crippen molar-refractivity contribution in [3.63, 3.8) is 0 Å². The number of rotatable bonds is 3. The summed E-state index contributed by atoms with van der Waals surface area (Å²) in [6.45, 7) is 5.01. The van der Waals surface area contributed by atoms with Crippen LogP contribution in [0.25, 0.3) is 0 Å². The molecule has 1 saturated heterocycles. The molecule has 1 aromatic rings. The van der Waals surface area contributed by atoms with Crippen molar-refractivity contribution < 1.29 is 4.74 Å². The highest BCUT2D eigenvalue weighted by Crippen LogP contribution is 2.24. The molecule has 1 aromatic heterocycles. The van der Waals surface area contributed by atoms with E-state index in [0.29, 0.717) is 6.04 Å². The standard InChI is InChI=1S/C12H18BrN3O/c1-4-11-14-10(13)7-12(15-11)16(3)9-5-6-17-8(9)2/h7-9H,4-6H2,1-3H3. The molecule has 1 aliphatic rings. The quantitative estimate of drug-likeness (QED) is 0.804. The minimum absolute atomic E-state index is 0.263. The van der Waals surface area contributed by atoms with Crippen molar-refractivity contribution in [2.45, 2.75) is 38.8 Å². The molecule has 0 spiro atoms. The van der Waals surface area contributed by atoms with Gasteiger partial charge in [0.1, 0.15) is 16.2 Å². The van der Waals surface area contributed by atoms with Gasteiger partial charge in [-0.15, -0.1) is 0 Å². The number of halogens is 1. The van der Waals surface area contributed by atoms with Gasteiger partial charge < -0.3 is 9.64 Å². The summed E-state index contributed by atoms with van der Waals surface area (Å²) in [5, 5.41) is 0. The molecule has 4 nitrogen and oxygen atoms in total. The lowest BCUT2D eigenvalue weighted by molar-refractivity contribution is 0.118. The maximum Gasteiger partial charge on any atom is 0.133 e. The van der Waals surface area contributed by atoms with Gasteiger partial charge in [-0.25, -0.2) is 9.97 Å². The van der Waals surface area contributed by atoms with E-state index >= 15 is 0 Å². The minimum atomic E-state index is 0.263. The van der Waals surface area contributed by atoms with E-state index in [-0.39, 0.29) is 6.10 Å². The highest BCUT2D eigenvalue weighted by atomic mass is 79.9. The van der Waals surface area contributed by atoms with E-state index in [1.807, 2.05) is 6.07 Å². The first kappa shape index (κ1) is 12.8. The summed E-state index contributed by atoms with van der Waals surface area (Å²) in [6.07, 6.45) is 2.16. The number of hydrogen-bond acceptors (Lipinski definition) is 4. The Kier molecular flexibility index (Phi) is 3.99. The number of ether oxygens (including phenoxy) is 1. The predicted molar refractivity (Wildman–Crippen MR) is 71.3 cm³/mol. The van der Waals surface area contributed by atoms with Crippen LogP contribution in [0.2, 0.25) is 0 Å². The molecule has 0 saturated carbocycles. The van der Waals surface area contributed by atoms with Gasteiger partial charge in [-0.1, -0.05) is 6.92 Å². The third kappa shape index (κ3) is 2.77. The van der Waals surface area contributed by atoms with Gasteiger partial charge in [0, 0.05) is 26.1 Å².